The van der Waals surface area contributed by atoms with Crippen molar-refractivity contribution in [2.45, 2.75) is 6.61 Å². The number of aliphatic hydroxyl groups excluding tert-OH is 1. The quantitative estimate of drug-likeness (QED) is 0.605. The van der Waals surface area contributed by atoms with Gasteiger partial charge in [-0.3, -0.25) is 10.1 Å². The Morgan fingerprint density at radius 2 is 2.31 bits per heavy atom. The zero-order valence-corrected chi connectivity index (χ0v) is 8.15. The number of nitrogens with zero attached hydrogens (tertiary/aromatic N) is 4. The van der Waals surface area contributed by atoms with Crippen LogP contribution in [0.25, 0.3) is 5.69 Å². The average Bonchev–Trinajstić information content (AvgIpc) is 2.77. The molecule has 0 aliphatic rings. The third-order valence-electron chi connectivity index (χ3n) is 2.01. The molecular weight excluding hydrogens is 212 g/mol. The summed E-state index contributed by atoms with van der Waals surface area (Å²) in [6, 6.07) is 6.01. The smallest absolute Gasteiger partial charge is 0.271 e. The van der Waals surface area contributed by atoms with Crippen molar-refractivity contribution in [3.8, 4) is 5.69 Å². The Bertz CT molecular complexity index is 523. The second kappa shape index (κ2) is 4.07. The monoisotopic (exact) mass is 220 g/mol. The Kier molecular flexibility index (Phi) is 2.61. The number of hydrogen-bond acceptors (Lipinski definition) is 5. The van der Waals surface area contributed by atoms with E-state index in [-0.39, 0.29) is 12.3 Å². The van der Waals surface area contributed by atoms with Gasteiger partial charge >= 0.3 is 0 Å². The summed E-state index contributed by atoms with van der Waals surface area (Å²) in [6.07, 6.45) is 1.51. The lowest BCUT2D eigenvalue weighted by molar-refractivity contribution is -0.384. The third kappa shape index (κ3) is 1.89. The van der Waals surface area contributed by atoms with Gasteiger partial charge in [-0.25, -0.2) is 4.68 Å². The van der Waals surface area contributed by atoms with E-state index in [0.29, 0.717) is 11.4 Å². The van der Waals surface area contributed by atoms with E-state index in [1.54, 1.807) is 12.1 Å². The van der Waals surface area contributed by atoms with Crippen molar-refractivity contribution in [1.29, 1.82) is 0 Å². The van der Waals surface area contributed by atoms with Gasteiger partial charge < -0.3 is 5.11 Å². The van der Waals surface area contributed by atoms with Gasteiger partial charge in [0.1, 0.15) is 5.69 Å². The van der Waals surface area contributed by atoms with Gasteiger partial charge in [0.25, 0.3) is 5.69 Å². The highest BCUT2D eigenvalue weighted by molar-refractivity contribution is 5.42. The van der Waals surface area contributed by atoms with Crippen LogP contribution < -0.4 is 0 Å². The van der Waals surface area contributed by atoms with E-state index in [1.807, 2.05) is 0 Å². The van der Waals surface area contributed by atoms with Crippen LogP contribution >= 0.6 is 0 Å². The summed E-state index contributed by atoms with van der Waals surface area (Å²) >= 11 is 0. The van der Waals surface area contributed by atoms with E-state index in [1.165, 1.54) is 23.0 Å². The van der Waals surface area contributed by atoms with Crippen molar-refractivity contribution in [2.24, 2.45) is 0 Å². The molecule has 2 rings (SSSR count). The molecule has 1 N–H and O–H groups in total. The minimum Gasteiger partial charge on any atom is -0.390 e. The number of hydrogen-bond donors (Lipinski definition) is 1. The molecule has 82 valence electrons. The number of nitro benzene ring substituents is 1. The minimum atomic E-state index is -0.479. The molecule has 0 fully saturated rings. The molecule has 0 saturated heterocycles. The highest BCUT2D eigenvalue weighted by Crippen LogP contribution is 2.15. The van der Waals surface area contributed by atoms with Gasteiger partial charge in [0, 0.05) is 12.1 Å². The second-order valence-corrected chi connectivity index (χ2v) is 3.09. The summed E-state index contributed by atoms with van der Waals surface area (Å²) in [4.78, 5) is 10.1. The number of aliphatic hydroxyl groups is 1. The van der Waals surface area contributed by atoms with Gasteiger partial charge in [0.2, 0.25) is 0 Å². The van der Waals surface area contributed by atoms with Crippen LogP contribution in [0, 0.1) is 10.1 Å². The van der Waals surface area contributed by atoms with Gasteiger partial charge in [-0.1, -0.05) is 11.3 Å². The van der Waals surface area contributed by atoms with Crippen LogP contribution in [0.1, 0.15) is 5.69 Å². The van der Waals surface area contributed by atoms with Crippen LogP contribution in [0.15, 0.2) is 30.5 Å². The first-order valence-electron chi connectivity index (χ1n) is 4.47. The highest BCUT2D eigenvalue weighted by atomic mass is 16.6. The lowest BCUT2D eigenvalue weighted by atomic mass is 10.3. The molecule has 0 bridgehead atoms. The van der Waals surface area contributed by atoms with Gasteiger partial charge in [0.15, 0.2) is 0 Å². The Labute approximate surface area is 90.1 Å². The van der Waals surface area contributed by atoms with E-state index < -0.39 is 4.92 Å². The molecule has 2 aromatic rings. The molecule has 0 unspecified atom stereocenters. The molecule has 1 aromatic carbocycles. The SMILES string of the molecule is O=[N+]([O-])c1cccc(-n2cc(CO)nn2)c1. The Hall–Kier alpha value is -2.28. The maximum atomic E-state index is 10.6. The summed E-state index contributed by atoms with van der Waals surface area (Å²) < 4.78 is 1.37. The molecule has 7 heteroatoms. The lowest BCUT2D eigenvalue weighted by Gasteiger charge is -1.98. The van der Waals surface area contributed by atoms with Crippen molar-refractivity contribution in [2.75, 3.05) is 0 Å². The molecule has 0 atom stereocenters. The van der Waals surface area contributed by atoms with E-state index in [9.17, 15) is 10.1 Å². The highest BCUT2D eigenvalue weighted by Gasteiger charge is 2.08. The number of rotatable bonds is 3. The maximum Gasteiger partial charge on any atom is 0.271 e. The van der Waals surface area contributed by atoms with Crippen LogP contribution in [0.4, 0.5) is 5.69 Å². The average molecular weight is 220 g/mol. The summed E-state index contributed by atoms with van der Waals surface area (Å²) in [7, 11) is 0. The molecule has 7 nitrogen and oxygen atoms in total. The standard InChI is InChI=1S/C9H8N4O3/c14-6-7-5-12(11-10-7)8-2-1-3-9(4-8)13(15)16/h1-5,14H,6H2. The molecular formula is C9H8N4O3. The molecule has 0 amide bonds. The number of nitro groups is 1. The molecule has 1 heterocycles. The molecule has 0 saturated carbocycles. The summed E-state index contributed by atoms with van der Waals surface area (Å²) in [5, 5.41) is 26.8. The van der Waals surface area contributed by atoms with Crippen LogP contribution in [-0.4, -0.2) is 25.0 Å². The van der Waals surface area contributed by atoms with Crippen LogP contribution in [-0.2, 0) is 6.61 Å². The normalized spacial score (nSPS) is 10.3. The minimum absolute atomic E-state index is 0.0152. The first-order chi connectivity index (χ1) is 7.70. The second-order valence-electron chi connectivity index (χ2n) is 3.09. The van der Waals surface area contributed by atoms with Crippen LogP contribution in [0.5, 0.6) is 0 Å². The molecule has 0 aliphatic carbocycles. The zero-order valence-electron chi connectivity index (χ0n) is 8.15. The maximum absolute atomic E-state index is 10.6. The fourth-order valence-corrected chi connectivity index (χ4v) is 1.25. The first-order valence-corrected chi connectivity index (χ1v) is 4.47. The fraction of sp³-hybridized carbons (Fsp3) is 0.111. The third-order valence-corrected chi connectivity index (χ3v) is 2.01. The van der Waals surface area contributed by atoms with Gasteiger partial charge in [-0.05, 0) is 6.07 Å². The summed E-state index contributed by atoms with van der Waals surface area (Å²) in [5.74, 6) is 0. The molecule has 16 heavy (non-hydrogen) atoms. The molecule has 0 aliphatic heterocycles. The van der Waals surface area contributed by atoms with Crippen molar-refractivity contribution < 1.29 is 10.0 Å². The first kappa shape index (κ1) is 10.2. The summed E-state index contributed by atoms with van der Waals surface area (Å²) in [6.45, 7) is -0.213. The van der Waals surface area contributed by atoms with Crippen LogP contribution in [0.2, 0.25) is 0 Å². The molecule has 0 spiro atoms. The Morgan fingerprint density at radius 1 is 1.50 bits per heavy atom. The van der Waals surface area contributed by atoms with Crippen LogP contribution in [0.3, 0.4) is 0 Å². The number of non-ortho nitro benzene ring substituents is 1. The van der Waals surface area contributed by atoms with Crippen molar-refractivity contribution in [3.05, 3.63) is 46.3 Å². The van der Waals surface area contributed by atoms with E-state index in [2.05, 4.69) is 10.3 Å². The van der Waals surface area contributed by atoms with E-state index in [0.717, 1.165) is 0 Å². The Morgan fingerprint density at radius 3 is 2.94 bits per heavy atom. The van der Waals surface area contributed by atoms with Crippen molar-refractivity contribution >= 4 is 5.69 Å². The Balaban J connectivity index is 2.40. The predicted molar refractivity (Wildman–Crippen MR) is 53.9 cm³/mol. The largest absolute Gasteiger partial charge is 0.390 e. The lowest BCUT2D eigenvalue weighted by Crippen LogP contribution is -1.96. The van der Waals surface area contributed by atoms with Gasteiger partial charge in [-0.2, -0.15) is 0 Å². The topological polar surface area (TPSA) is 94.1 Å². The number of benzene rings is 1. The van der Waals surface area contributed by atoms with Gasteiger partial charge in [0.05, 0.1) is 23.4 Å². The van der Waals surface area contributed by atoms with Gasteiger partial charge in [-0.15, -0.1) is 5.10 Å². The van der Waals surface area contributed by atoms with Crippen molar-refractivity contribution in [3.63, 3.8) is 0 Å². The zero-order chi connectivity index (χ0) is 11.5. The number of aromatic nitrogens is 3. The van der Waals surface area contributed by atoms with Crippen molar-refractivity contribution in [1.82, 2.24) is 15.0 Å². The molecule has 1 aromatic heterocycles. The fourth-order valence-electron chi connectivity index (χ4n) is 1.25. The predicted octanol–water partition coefficient (Wildman–Crippen LogP) is 0.668. The van der Waals surface area contributed by atoms with E-state index in [4.69, 9.17) is 5.11 Å². The summed E-state index contributed by atoms with van der Waals surface area (Å²) in [5.41, 5.74) is 0.923. The molecule has 0 radical (unpaired) electrons. The van der Waals surface area contributed by atoms with E-state index >= 15 is 0 Å².